The van der Waals surface area contributed by atoms with Gasteiger partial charge in [0.25, 0.3) is 5.91 Å². The number of amides is 2. The molecule has 2 saturated heterocycles. The Labute approximate surface area is 146 Å². The number of carbonyl (C=O) groups excluding carboxylic acids is 2. The molecule has 2 amide bonds. The lowest BCUT2D eigenvalue weighted by molar-refractivity contribution is -0.187. The number of fused-ring (bicyclic) bond motifs is 1. The van der Waals surface area contributed by atoms with Gasteiger partial charge in [-0.05, 0) is 12.1 Å². The van der Waals surface area contributed by atoms with E-state index < -0.39 is 11.9 Å². The van der Waals surface area contributed by atoms with Gasteiger partial charge in [0.15, 0.2) is 11.9 Å². The van der Waals surface area contributed by atoms with Crippen molar-refractivity contribution in [1.29, 1.82) is 0 Å². The first kappa shape index (κ1) is 16.4. The van der Waals surface area contributed by atoms with Gasteiger partial charge in [-0.15, -0.1) is 0 Å². The van der Waals surface area contributed by atoms with Crippen molar-refractivity contribution in [1.82, 2.24) is 4.90 Å². The molecule has 0 saturated carbocycles. The lowest BCUT2D eigenvalue weighted by atomic mass is 10.0. The van der Waals surface area contributed by atoms with Crippen LogP contribution in [-0.4, -0.2) is 62.0 Å². The maximum absolute atomic E-state index is 12.6. The van der Waals surface area contributed by atoms with Gasteiger partial charge in [-0.2, -0.15) is 0 Å². The lowest BCUT2D eigenvalue weighted by Gasteiger charge is -2.38. The van der Waals surface area contributed by atoms with Crippen LogP contribution in [-0.2, 0) is 19.1 Å². The highest BCUT2D eigenvalue weighted by Crippen LogP contribution is 2.34. The summed E-state index contributed by atoms with van der Waals surface area (Å²) in [6, 6.07) is 7.35. The fourth-order valence-electron chi connectivity index (χ4n) is 3.67. The quantitative estimate of drug-likeness (QED) is 0.804. The van der Waals surface area contributed by atoms with E-state index in [-0.39, 0.29) is 18.2 Å². The van der Waals surface area contributed by atoms with Crippen LogP contribution in [0.3, 0.4) is 0 Å². The molecular formula is C18H22N2O5. The summed E-state index contributed by atoms with van der Waals surface area (Å²) in [7, 11) is 1.71. The summed E-state index contributed by atoms with van der Waals surface area (Å²) >= 11 is 0. The fraction of sp³-hybridized carbons (Fsp3) is 0.556. The van der Waals surface area contributed by atoms with Crippen molar-refractivity contribution >= 4 is 17.5 Å². The molecule has 1 atom stereocenters. The Morgan fingerprint density at radius 3 is 2.60 bits per heavy atom. The predicted octanol–water partition coefficient (Wildman–Crippen LogP) is 1.17. The van der Waals surface area contributed by atoms with Crippen molar-refractivity contribution in [2.45, 2.75) is 31.2 Å². The Morgan fingerprint density at radius 2 is 1.88 bits per heavy atom. The third-order valence-electron chi connectivity index (χ3n) is 5.15. The van der Waals surface area contributed by atoms with Crippen LogP contribution < -0.4 is 9.64 Å². The number of benzene rings is 1. The topological polar surface area (TPSA) is 68.3 Å². The molecule has 0 aliphatic carbocycles. The molecule has 3 aliphatic rings. The van der Waals surface area contributed by atoms with Crippen molar-refractivity contribution in [3.8, 4) is 5.75 Å². The molecule has 25 heavy (non-hydrogen) atoms. The van der Waals surface area contributed by atoms with E-state index >= 15 is 0 Å². The number of likely N-dealkylation sites (N-methyl/N-ethyl adjacent to an activating group) is 1. The molecule has 7 nitrogen and oxygen atoms in total. The number of nitrogens with zero attached hydrogens (tertiary/aromatic N) is 2. The maximum atomic E-state index is 12.6. The highest BCUT2D eigenvalue weighted by molar-refractivity contribution is 6.01. The summed E-state index contributed by atoms with van der Waals surface area (Å²) in [6.07, 6.45) is 0.607. The Morgan fingerprint density at radius 1 is 1.20 bits per heavy atom. The van der Waals surface area contributed by atoms with Crippen molar-refractivity contribution in [2.24, 2.45) is 0 Å². The van der Waals surface area contributed by atoms with Crippen molar-refractivity contribution in [3.63, 3.8) is 0 Å². The van der Waals surface area contributed by atoms with Gasteiger partial charge in [-0.1, -0.05) is 12.1 Å². The van der Waals surface area contributed by atoms with Gasteiger partial charge in [-0.3, -0.25) is 9.59 Å². The van der Waals surface area contributed by atoms with Crippen LogP contribution in [0.25, 0.3) is 0 Å². The van der Waals surface area contributed by atoms with Crippen LogP contribution in [0.4, 0.5) is 5.69 Å². The van der Waals surface area contributed by atoms with Crippen LogP contribution in [0.1, 0.15) is 19.3 Å². The van der Waals surface area contributed by atoms with Gasteiger partial charge in [0, 0.05) is 33.0 Å². The van der Waals surface area contributed by atoms with E-state index in [1.807, 2.05) is 24.3 Å². The van der Waals surface area contributed by atoms with Crippen molar-refractivity contribution in [3.05, 3.63) is 24.3 Å². The summed E-state index contributed by atoms with van der Waals surface area (Å²) in [6.45, 7) is 2.38. The summed E-state index contributed by atoms with van der Waals surface area (Å²) < 4.78 is 17.1. The van der Waals surface area contributed by atoms with Crippen LogP contribution in [0.15, 0.2) is 24.3 Å². The standard InChI is InChI=1S/C18H22N2O5/c1-19-13-4-2-3-5-14(13)25-15(17(19)22)12-16(21)20-8-6-18(7-9-20)23-10-11-24-18/h2-5,15H,6-12H2,1H3. The second kappa shape index (κ2) is 6.31. The van der Waals surface area contributed by atoms with Crippen LogP contribution >= 0.6 is 0 Å². The minimum Gasteiger partial charge on any atom is -0.478 e. The lowest BCUT2D eigenvalue weighted by Crippen LogP contribution is -2.50. The molecule has 3 aliphatic heterocycles. The van der Waals surface area contributed by atoms with E-state index in [1.54, 1.807) is 16.8 Å². The second-order valence-electron chi connectivity index (χ2n) is 6.66. The molecule has 1 aromatic carbocycles. The van der Waals surface area contributed by atoms with E-state index in [2.05, 4.69) is 0 Å². The van der Waals surface area contributed by atoms with E-state index in [9.17, 15) is 9.59 Å². The zero-order valence-electron chi connectivity index (χ0n) is 14.3. The molecule has 0 N–H and O–H groups in total. The summed E-state index contributed by atoms with van der Waals surface area (Å²) in [5, 5.41) is 0. The molecule has 1 aromatic rings. The average Bonchev–Trinajstić information content (AvgIpc) is 3.08. The van der Waals surface area contributed by atoms with Crippen LogP contribution in [0.2, 0.25) is 0 Å². The predicted molar refractivity (Wildman–Crippen MR) is 89.3 cm³/mol. The number of ether oxygens (including phenoxy) is 3. The summed E-state index contributed by atoms with van der Waals surface area (Å²) in [5.41, 5.74) is 0.728. The molecular weight excluding hydrogens is 324 g/mol. The Kier molecular flexibility index (Phi) is 4.13. The molecule has 1 unspecified atom stereocenters. The Balaban J connectivity index is 1.39. The number of para-hydroxylation sites is 2. The first-order valence-corrected chi connectivity index (χ1v) is 8.67. The van der Waals surface area contributed by atoms with Gasteiger partial charge in [-0.25, -0.2) is 0 Å². The Hall–Kier alpha value is -2.12. The van der Waals surface area contributed by atoms with Crippen molar-refractivity contribution < 1.29 is 23.8 Å². The smallest absolute Gasteiger partial charge is 0.268 e. The van der Waals surface area contributed by atoms with Crippen molar-refractivity contribution in [2.75, 3.05) is 38.3 Å². The molecule has 134 valence electrons. The minimum absolute atomic E-state index is 0.0478. The van der Waals surface area contributed by atoms with Gasteiger partial charge >= 0.3 is 0 Å². The van der Waals surface area contributed by atoms with Crippen LogP contribution in [0, 0.1) is 0 Å². The molecule has 1 spiro atoms. The third-order valence-corrected chi connectivity index (χ3v) is 5.15. The molecule has 0 bridgehead atoms. The zero-order chi connectivity index (χ0) is 17.4. The highest BCUT2D eigenvalue weighted by atomic mass is 16.7. The fourth-order valence-corrected chi connectivity index (χ4v) is 3.67. The molecule has 7 heteroatoms. The van der Waals surface area contributed by atoms with Crippen LogP contribution in [0.5, 0.6) is 5.75 Å². The monoisotopic (exact) mass is 346 g/mol. The average molecular weight is 346 g/mol. The zero-order valence-corrected chi connectivity index (χ0v) is 14.3. The maximum Gasteiger partial charge on any atom is 0.268 e. The third kappa shape index (κ3) is 2.98. The second-order valence-corrected chi connectivity index (χ2v) is 6.66. The minimum atomic E-state index is -0.776. The van der Waals surface area contributed by atoms with Gasteiger partial charge in [0.1, 0.15) is 5.75 Å². The Bertz CT molecular complexity index is 676. The van der Waals surface area contributed by atoms with E-state index in [1.165, 1.54) is 0 Å². The first-order valence-electron chi connectivity index (χ1n) is 8.67. The van der Waals surface area contributed by atoms with Gasteiger partial charge in [0.05, 0.1) is 25.3 Å². The van der Waals surface area contributed by atoms with E-state index in [0.29, 0.717) is 44.9 Å². The number of hydrogen-bond acceptors (Lipinski definition) is 5. The number of likely N-dealkylation sites (tertiary alicyclic amines) is 1. The molecule has 4 rings (SSSR count). The number of piperidine rings is 1. The van der Waals surface area contributed by atoms with Gasteiger partial charge in [0.2, 0.25) is 5.91 Å². The number of rotatable bonds is 2. The molecule has 0 radical (unpaired) electrons. The number of anilines is 1. The normalized spacial score (nSPS) is 25.0. The first-order chi connectivity index (χ1) is 12.1. The molecule has 0 aromatic heterocycles. The summed E-state index contributed by atoms with van der Waals surface area (Å²) in [4.78, 5) is 28.5. The van der Waals surface area contributed by atoms with E-state index in [0.717, 1.165) is 5.69 Å². The number of hydrogen-bond donors (Lipinski definition) is 0. The SMILES string of the molecule is CN1C(=O)C(CC(=O)N2CCC3(CC2)OCCO3)Oc2ccccc21. The largest absolute Gasteiger partial charge is 0.478 e. The molecule has 2 fully saturated rings. The molecule has 3 heterocycles. The summed E-state index contributed by atoms with van der Waals surface area (Å²) in [5.74, 6) is -0.137. The van der Waals surface area contributed by atoms with E-state index in [4.69, 9.17) is 14.2 Å². The highest BCUT2D eigenvalue weighted by Gasteiger charge is 2.42. The number of carbonyl (C=O) groups is 2. The van der Waals surface area contributed by atoms with Gasteiger partial charge < -0.3 is 24.0 Å².